The van der Waals surface area contributed by atoms with Gasteiger partial charge in [0.1, 0.15) is 18.5 Å². The Labute approximate surface area is 125 Å². The topological polar surface area (TPSA) is 82.8 Å². The molecule has 1 rings (SSSR count). The molecule has 1 aromatic carbocycles. The first-order valence-corrected chi connectivity index (χ1v) is 5.96. The number of anilines is 1. The number of nitrogens with one attached hydrogen (secondary N) is 1. The molecule has 20 heavy (non-hydrogen) atoms. The fraction of sp³-hybridized carbons (Fsp3) is 0.462. The first-order valence-electron chi connectivity index (χ1n) is 5.96. The second kappa shape index (κ2) is 10.4. The van der Waals surface area contributed by atoms with Crippen LogP contribution in [0.3, 0.4) is 0 Å². The standard InChI is InChI=1S/C13H20N2O4.ClH/c1-17-7-8-19-11-5-3-10(4-6-11)15-13(16)12(9-14)18-2;/h3-6,12H,7-9,14H2,1-2H3,(H,15,16);1H. The van der Waals surface area contributed by atoms with E-state index in [9.17, 15) is 4.79 Å². The minimum absolute atomic E-state index is 0. The molecule has 0 spiro atoms. The normalized spacial score (nSPS) is 11.3. The van der Waals surface area contributed by atoms with E-state index in [1.54, 1.807) is 31.4 Å². The second-order valence-corrected chi connectivity index (χ2v) is 3.81. The fourth-order valence-electron chi connectivity index (χ4n) is 1.41. The number of amides is 1. The molecule has 0 aliphatic heterocycles. The van der Waals surface area contributed by atoms with Crippen LogP contribution in [0.15, 0.2) is 24.3 Å². The third kappa shape index (κ3) is 6.21. The van der Waals surface area contributed by atoms with Gasteiger partial charge in [-0.1, -0.05) is 0 Å². The van der Waals surface area contributed by atoms with Gasteiger partial charge in [-0.15, -0.1) is 12.4 Å². The van der Waals surface area contributed by atoms with Crippen molar-refractivity contribution in [1.29, 1.82) is 0 Å². The van der Waals surface area contributed by atoms with Crippen LogP contribution in [0, 0.1) is 0 Å². The summed E-state index contributed by atoms with van der Waals surface area (Å²) in [6, 6.07) is 7.05. The summed E-state index contributed by atoms with van der Waals surface area (Å²) in [5.41, 5.74) is 6.08. The summed E-state index contributed by atoms with van der Waals surface area (Å²) in [6.45, 7) is 1.16. The van der Waals surface area contributed by atoms with Gasteiger partial charge >= 0.3 is 0 Å². The Kier molecular flexibility index (Phi) is 9.75. The lowest BCUT2D eigenvalue weighted by molar-refractivity contribution is -0.125. The number of methoxy groups -OCH3 is 2. The van der Waals surface area contributed by atoms with E-state index < -0.39 is 6.10 Å². The zero-order valence-electron chi connectivity index (χ0n) is 11.6. The Morgan fingerprint density at radius 3 is 2.40 bits per heavy atom. The zero-order valence-corrected chi connectivity index (χ0v) is 12.4. The van der Waals surface area contributed by atoms with Gasteiger partial charge in [-0.05, 0) is 24.3 Å². The summed E-state index contributed by atoms with van der Waals surface area (Å²) < 4.78 is 15.2. The quantitative estimate of drug-likeness (QED) is 0.701. The average Bonchev–Trinajstić information content (AvgIpc) is 2.42. The number of halogens is 1. The van der Waals surface area contributed by atoms with Gasteiger partial charge in [0.25, 0.3) is 5.91 Å². The van der Waals surface area contributed by atoms with E-state index >= 15 is 0 Å². The van der Waals surface area contributed by atoms with Crippen molar-refractivity contribution in [3.63, 3.8) is 0 Å². The lowest BCUT2D eigenvalue weighted by Gasteiger charge is -2.13. The maximum atomic E-state index is 11.7. The molecule has 1 unspecified atom stereocenters. The summed E-state index contributed by atoms with van der Waals surface area (Å²) in [4.78, 5) is 11.7. The van der Waals surface area contributed by atoms with E-state index in [1.165, 1.54) is 7.11 Å². The molecule has 0 fully saturated rings. The molecule has 0 aromatic heterocycles. The number of rotatable bonds is 8. The molecule has 3 N–H and O–H groups in total. The Hall–Kier alpha value is -1.34. The van der Waals surface area contributed by atoms with Gasteiger partial charge in [0.05, 0.1) is 6.61 Å². The SMILES string of the molecule is COCCOc1ccc(NC(=O)C(CN)OC)cc1.Cl. The van der Waals surface area contributed by atoms with E-state index in [-0.39, 0.29) is 24.9 Å². The lowest BCUT2D eigenvalue weighted by Crippen LogP contribution is -2.35. The number of carbonyl (C=O) groups excluding carboxylic acids is 1. The Morgan fingerprint density at radius 1 is 1.25 bits per heavy atom. The van der Waals surface area contributed by atoms with Crippen molar-refractivity contribution in [2.24, 2.45) is 5.73 Å². The van der Waals surface area contributed by atoms with E-state index in [0.717, 1.165) is 5.75 Å². The lowest BCUT2D eigenvalue weighted by atomic mass is 10.2. The fourth-order valence-corrected chi connectivity index (χ4v) is 1.41. The molecular weight excluding hydrogens is 284 g/mol. The first-order chi connectivity index (χ1) is 9.21. The monoisotopic (exact) mass is 304 g/mol. The van der Waals surface area contributed by atoms with Crippen molar-refractivity contribution in [2.45, 2.75) is 6.10 Å². The van der Waals surface area contributed by atoms with Crippen molar-refractivity contribution >= 4 is 24.0 Å². The molecule has 0 radical (unpaired) electrons. The summed E-state index contributed by atoms with van der Waals surface area (Å²) in [5, 5.41) is 2.71. The predicted molar refractivity (Wildman–Crippen MR) is 79.5 cm³/mol. The highest BCUT2D eigenvalue weighted by Crippen LogP contribution is 2.15. The molecule has 0 aliphatic rings. The minimum atomic E-state index is -0.641. The molecule has 7 heteroatoms. The van der Waals surface area contributed by atoms with Gasteiger partial charge in [-0.3, -0.25) is 4.79 Å². The molecule has 1 aromatic rings. The predicted octanol–water partition coefficient (Wildman–Crippen LogP) is 1.05. The van der Waals surface area contributed by atoms with Gasteiger partial charge in [0, 0.05) is 26.5 Å². The Morgan fingerprint density at radius 2 is 1.90 bits per heavy atom. The van der Waals surface area contributed by atoms with Crippen molar-refractivity contribution in [3.8, 4) is 5.75 Å². The van der Waals surface area contributed by atoms with E-state index in [0.29, 0.717) is 18.9 Å². The van der Waals surface area contributed by atoms with Crippen LogP contribution in [0.1, 0.15) is 0 Å². The number of nitrogens with two attached hydrogens (primary N) is 1. The molecule has 0 saturated carbocycles. The summed E-state index contributed by atoms with van der Waals surface area (Å²) >= 11 is 0. The van der Waals surface area contributed by atoms with E-state index in [1.807, 2.05) is 0 Å². The molecule has 0 bridgehead atoms. The van der Waals surface area contributed by atoms with Crippen LogP contribution in [-0.2, 0) is 14.3 Å². The van der Waals surface area contributed by atoms with Crippen molar-refractivity contribution in [3.05, 3.63) is 24.3 Å². The highest BCUT2D eigenvalue weighted by Gasteiger charge is 2.15. The first kappa shape index (κ1) is 18.7. The smallest absolute Gasteiger partial charge is 0.254 e. The summed E-state index contributed by atoms with van der Waals surface area (Å²) in [5.74, 6) is 0.454. The molecule has 0 aliphatic carbocycles. The second-order valence-electron chi connectivity index (χ2n) is 3.81. The number of benzene rings is 1. The maximum absolute atomic E-state index is 11.7. The van der Waals surface area contributed by atoms with E-state index in [2.05, 4.69) is 5.32 Å². The van der Waals surface area contributed by atoms with Crippen molar-refractivity contribution in [1.82, 2.24) is 0 Å². The van der Waals surface area contributed by atoms with Crippen LogP contribution in [0.2, 0.25) is 0 Å². The van der Waals surface area contributed by atoms with Crippen molar-refractivity contribution in [2.75, 3.05) is 39.3 Å². The van der Waals surface area contributed by atoms with Gasteiger partial charge in [0.15, 0.2) is 0 Å². The Balaban J connectivity index is 0.00000361. The molecular formula is C13H21ClN2O4. The van der Waals surface area contributed by atoms with Crippen LogP contribution >= 0.6 is 12.4 Å². The van der Waals surface area contributed by atoms with Gasteiger partial charge < -0.3 is 25.3 Å². The van der Waals surface area contributed by atoms with Crippen LogP contribution in [0.4, 0.5) is 5.69 Å². The highest BCUT2D eigenvalue weighted by atomic mass is 35.5. The van der Waals surface area contributed by atoms with Gasteiger partial charge in [-0.25, -0.2) is 0 Å². The van der Waals surface area contributed by atoms with Crippen molar-refractivity contribution < 1.29 is 19.0 Å². The molecule has 0 saturated heterocycles. The van der Waals surface area contributed by atoms with Crippen LogP contribution in [-0.4, -0.2) is 46.0 Å². The molecule has 0 heterocycles. The Bertz CT molecular complexity index is 382. The molecule has 114 valence electrons. The van der Waals surface area contributed by atoms with Gasteiger partial charge in [-0.2, -0.15) is 0 Å². The molecule has 1 amide bonds. The summed E-state index contributed by atoms with van der Waals surface area (Å²) in [7, 11) is 3.06. The van der Waals surface area contributed by atoms with Crippen LogP contribution in [0.5, 0.6) is 5.75 Å². The third-order valence-electron chi connectivity index (χ3n) is 2.47. The van der Waals surface area contributed by atoms with Crippen LogP contribution < -0.4 is 15.8 Å². The number of hydrogen-bond acceptors (Lipinski definition) is 5. The molecule has 6 nitrogen and oxygen atoms in total. The summed E-state index contributed by atoms with van der Waals surface area (Å²) in [6.07, 6.45) is -0.641. The molecule has 1 atom stereocenters. The largest absolute Gasteiger partial charge is 0.491 e. The van der Waals surface area contributed by atoms with Gasteiger partial charge in [0.2, 0.25) is 0 Å². The average molecular weight is 305 g/mol. The van der Waals surface area contributed by atoms with Crippen LogP contribution in [0.25, 0.3) is 0 Å². The number of ether oxygens (including phenoxy) is 3. The third-order valence-corrected chi connectivity index (χ3v) is 2.47. The highest BCUT2D eigenvalue weighted by molar-refractivity contribution is 5.94. The van der Waals surface area contributed by atoms with E-state index in [4.69, 9.17) is 19.9 Å². The zero-order chi connectivity index (χ0) is 14.1. The maximum Gasteiger partial charge on any atom is 0.254 e. The minimum Gasteiger partial charge on any atom is -0.491 e. The number of carbonyl (C=O) groups is 1. The number of hydrogen-bond donors (Lipinski definition) is 2.